The van der Waals surface area contributed by atoms with Crippen molar-refractivity contribution in [3.8, 4) is 0 Å². The highest BCUT2D eigenvalue weighted by Crippen LogP contribution is 2.36. The molecule has 2 saturated heterocycles. The third-order valence-electron chi connectivity index (χ3n) is 6.50. The zero-order valence-electron chi connectivity index (χ0n) is 15.7. The van der Waals surface area contributed by atoms with E-state index in [2.05, 4.69) is 27.0 Å². The van der Waals surface area contributed by atoms with Crippen LogP contribution < -0.4 is 0 Å². The van der Waals surface area contributed by atoms with Gasteiger partial charge in [-0.15, -0.1) is 0 Å². The molecule has 0 aromatic heterocycles. The first-order chi connectivity index (χ1) is 11.4. The summed E-state index contributed by atoms with van der Waals surface area (Å²) in [7, 11) is 2.41. The fourth-order valence-electron chi connectivity index (χ4n) is 4.87. The quantitative estimate of drug-likeness (QED) is 0.614. The minimum absolute atomic E-state index is 0.147. The van der Waals surface area contributed by atoms with Crippen molar-refractivity contribution in [2.24, 2.45) is 5.92 Å². The van der Waals surface area contributed by atoms with Crippen LogP contribution in [0.3, 0.4) is 0 Å². The van der Waals surface area contributed by atoms with Gasteiger partial charge in [0.05, 0.1) is 31.7 Å². The Balaban J connectivity index is 1.67. The Bertz CT molecular complexity index is 621. The lowest BCUT2D eigenvalue weighted by Gasteiger charge is -2.51. The molecule has 0 N–H and O–H groups in total. The number of esters is 1. The van der Waals surface area contributed by atoms with E-state index in [0.717, 1.165) is 16.7 Å². The Labute approximate surface area is 146 Å². The molecule has 0 spiro atoms. The largest absolute Gasteiger partial charge is 0.462 e. The predicted octanol–water partition coefficient (Wildman–Crippen LogP) is 4.18. The number of carbonyl (C=O) groups is 1. The van der Waals surface area contributed by atoms with E-state index in [1.807, 2.05) is 13.0 Å². The molecule has 3 nitrogen and oxygen atoms in total. The van der Waals surface area contributed by atoms with Gasteiger partial charge in [-0.1, -0.05) is 6.07 Å². The van der Waals surface area contributed by atoms with Crippen LogP contribution in [0, 0.1) is 26.7 Å². The molecule has 0 saturated carbocycles. The molecule has 1 aromatic carbocycles. The lowest BCUT2D eigenvalue weighted by Crippen LogP contribution is -2.61. The number of aryl methyl sites for hydroxylation is 3. The lowest BCUT2D eigenvalue weighted by molar-refractivity contribution is -0.947. The summed E-state index contributed by atoms with van der Waals surface area (Å²) < 4.78 is 6.99. The van der Waals surface area contributed by atoms with E-state index < -0.39 is 0 Å². The minimum Gasteiger partial charge on any atom is -0.462 e. The molecule has 132 valence electrons. The summed E-state index contributed by atoms with van der Waals surface area (Å²) in [4.78, 5) is 12.6. The number of piperidine rings is 2. The molecule has 1 aromatic rings. The third-order valence-corrected chi connectivity index (χ3v) is 6.50. The van der Waals surface area contributed by atoms with E-state index in [0.29, 0.717) is 18.6 Å². The molecule has 3 heteroatoms. The highest BCUT2D eigenvalue weighted by atomic mass is 16.5. The molecule has 2 aliphatic heterocycles. The van der Waals surface area contributed by atoms with Crippen LogP contribution in [-0.2, 0) is 4.74 Å². The van der Waals surface area contributed by atoms with Crippen molar-refractivity contribution in [1.29, 1.82) is 0 Å². The molecule has 0 aliphatic carbocycles. The van der Waals surface area contributed by atoms with Crippen molar-refractivity contribution in [3.63, 3.8) is 0 Å². The van der Waals surface area contributed by atoms with Crippen molar-refractivity contribution >= 4 is 5.97 Å². The fraction of sp³-hybridized carbons (Fsp3) is 0.667. The molecule has 2 heterocycles. The Kier molecular flexibility index (Phi) is 5.00. The molecule has 3 atom stereocenters. The Morgan fingerprint density at radius 2 is 1.75 bits per heavy atom. The average Bonchev–Trinajstić information content (AvgIpc) is 2.55. The smallest absolute Gasteiger partial charge is 0.338 e. The summed E-state index contributed by atoms with van der Waals surface area (Å²) in [6, 6.07) is 4.75. The van der Waals surface area contributed by atoms with Gasteiger partial charge in [0.2, 0.25) is 0 Å². The van der Waals surface area contributed by atoms with Crippen LogP contribution >= 0.6 is 0 Å². The van der Waals surface area contributed by atoms with Crippen molar-refractivity contribution < 1.29 is 14.0 Å². The van der Waals surface area contributed by atoms with Crippen LogP contribution in [0.1, 0.15) is 59.2 Å². The second-order valence-electron chi connectivity index (χ2n) is 8.24. The Morgan fingerprint density at radius 1 is 1.04 bits per heavy atom. The van der Waals surface area contributed by atoms with Gasteiger partial charge in [0, 0.05) is 12.3 Å². The normalized spacial score (nSPS) is 29.8. The number of nitrogens with zero attached hydrogens (tertiary/aromatic N) is 1. The number of benzene rings is 1. The van der Waals surface area contributed by atoms with Gasteiger partial charge in [-0.3, -0.25) is 0 Å². The van der Waals surface area contributed by atoms with E-state index >= 15 is 0 Å². The summed E-state index contributed by atoms with van der Waals surface area (Å²) in [6.45, 7) is 9.32. The number of hydrogen-bond acceptors (Lipinski definition) is 2. The van der Waals surface area contributed by atoms with Crippen LogP contribution in [0.4, 0.5) is 0 Å². The maximum atomic E-state index is 12.6. The zero-order chi connectivity index (χ0) is 17.3. The summed E-state index contributed by atoms with van der Waals surface area (Å²) in [6.07, 6.45) is 6.44. The molecule has 2 aliphatic rings. The van der Waals surface area contributed by atoms with Gasteiger partial charge in [0.15, 0.2) is 0 Å². The van der Waals surface area contributed by atoms with Crippen LogP contribution in [0.15, 0.2) is 12.1 Å². The maximum absolute atomic E-state index is 12.6. The minimum atomic E-state index is -0.147. The molecule has 0 amide bonds. The van der Waals surface area contributed by atoms with Crippen molar-refractivity contribution in [2.45, 2.75) is 58.9 Å². The van der Waals surface area contributed by atoms with Crippen LogP contribution in [0.5, 0.6) is 0 Å². The van der Waals surface area contributed by atoms with Gasteiger partial charge < -0.3 is 9.22 Å². The molecule has 3 rings (SSSR count). The van der Waals surface area contributed by atoms with Gasteiger partial charge in [0.25, 0.3) is 0 Å². The first-order valence-corrected chi connectivity index (χ1v) is 9.50. The van der Waals surface area contributed by atoms with Crippen molar-refractivity contribution in [2.75, 3.05) is 26.7 Å². The van der Waals surface area contributed by atoms with Gasteiger partial charge in [0.1, 0.15) is 6.61 Å². The zero-order valence-corrected chi connectivity index (χ0v) is 15.7. The summed E-state index contributed by atoms with van der Waals surface area (Å²) in [5.41, 5.74) is 4.13. The molecular formula is C21H32NO2+. The number of ether oxygens (including phenoxy) is 1. The number of hydrogen-bond donors (Lipinski definition) is 0. The number of fused-ring (bicyclic) bond motifs is 1. The summed E-state index contributed by atoms with van der Waals surface area (Å²) >= 11 is 0. The van der Waals surface area contributed by atoms with Crippen LogP contribution in [-0.4, -0.2) is 43.2 Å². The highest BCUT2D eigenvalue weighted by molar-refractivity contribution is 5.91. The fourth-order valence-corrected chi connectivity index (χ4v) is 4.87. The molecule has 24 heavy (non-hydrogen) atoms. The molecule has 0 bridgehead atoms. The van der Waals surface area contributed by atoms with Gasteiger partial charge >= 0.3 is 5.97 Å². The Hall–Kier alpha value is -1.35. The average molecular weight is 330 g/mol. The van der Waals surface area contributed by atoms with Crippen molar-refractivity contribution in [3.05, 3.63) is 34.4 Å². The molecule has 1 unspecified atom stereocenters. The SMILES string of the molecule is Cc1cc(C)c(C(=O)OC[C@H]2CCC[N+]3(C)CCCC[C@@H]23)cc1C. The summed E-state index contributed by atoms with van der Waals surface area (Å²) in [5.74, 6) is 0.381. The molecule has 2 fully saturated rings. The van der Waals surface area contributed by atoms with E-state index in [1.54, 1.807) is 0 Å². The molecule has 0 radical (unpaired) electrons. The second-order valence-corrected chi connectivity index (χ2v) is 8.24. The van der Waals surface area contributed by atoms with E-state index in [1.165, 1.54) is 55.2 Å². The monoisotopic (exact) mass is 330 g/mol. The van der Waals surface area contributed by atoms with Gasteiger partial charge in [-0.05, 0) is 69.2 Å². The molecular weight excluding hydrogens is 298 g/mol. The van der Waals surface area contributed by atoms with Gasteiger partial charge in [-0.2, -0.15) is 0 Å². The second kappa shape index (κ2) is 6.87. The van der Waals surface area contributed by atoms with Crippen LogP contribution in [0.25, 0.3) is 0 Å². The first-order valence-electron chi connectivity index (χ1n) is 9.50. The van der Waals surface area contributed by atoms with E-state index in [4.69, 9.17) is 4.74 Å². The lowest BCUT2D eigenvalue weighted by atomic mass is 9.82. The number of carbonyl (C=O) groups excluding carboxylic acids is 1. The van der Waals surface area contributed by atoms with E-state index in [-0.39, 0.29) is 5.97 Å². The number of quaternary nitrogens is 1. The van der Waals surface area contributed by atoms with Crippen LogP contribution in [0.2, 0.25) is 0 Å². The topological polar surface area (TPSA) is 26.3 Å². The number of rotatable bonds is 3. The maximum Gasteiger partial charge on any atom is 0.338 e. The van der Waals surface area contributed by atoms with Gasteiger partial charge in [-0.25, -0.2) is 4.79 Å². The Morgan fingerprint density at radius 3 is 2.54 bits per heavy atom. The predicted molar refractivity (Wildman–Crippen MR) is 97.2 cm³/mol. The van der Waals surface area contributed by atoms with Crippen molar-refractivity contribution in [1.82, 2.24) is 0 Å². The standard InChI is InChI=1S/C21H32NO2/c1-15-12-17(3)19(13-16(15)2)21(23)24-14-18-8-7-11-22(4)10-6-5-9-20(18)22/h12-13,18,20H,5-11,14H2,1-4H3/q+1/t18-,20+,22?/m1/s1. The van der Waals surface area contributed by atoms with E-state index in [9.17, 15) is 4.79 Å². The first kappa shape index (κ1) is 17.5. The third kappa shape index (κ3) is 3.37. The highest BCUT2D eigenvalue weighted by Gasteiger charge is 2.43. The summed E-state index contributed by atoms with van der Waals surface area (Å²) in [5, 5.41) is 0.